The smallest absolute Gasteiger partial charge is 0.337 e. The summed E-state index contributed by atoms with van der Waals surface area (Å²) < 4.78 is 0. The second-order valence-corrected chi connectivity index (χ2v) is 4.75. The van der Waals surface area contributed by atoms with E-state index in [-0.39, 0.29) is 17.8 Å². The van der Waals surface area contributed by atoms with Crippen LogP contribution in [0.15, 0.2) is 18.2 Å². The van der Waals surface area contributed by atoms with E-state index in [4.69, 9.17) is 16.7 Å². The molecule has 1 atom stereocenters. The van der Waals surface area contributed by atoms with Crippen LogP contribution in [0.25, 0.3) is 0 Å². The number of rotatable bonds is 2. The maximum Gasteiger partial charge on any atom is 0.337 e. The highest BCUT2D eigenvalue weighted by molar-refractivity contribution is 6.31. The maximum atomic E-state index is 11.9. The third-order valence-corrected chi connectivity index (χ3v) is 3.14. The number of carboxylic acids is 1. The zero-order valence-corrected chi connectivity index (χ0v) is 10.7. The van der Waals surface area contributed by atoms with Crippen molar-refractivity contribution in [1.82, 2.24) is 4.90 Å². The van der Waals surface area contributed by atoms with E-state index < -0.39 is 18.1 Å². The van der Waals surface area contributed by atoms with Crippen molar-refractivity contribution in [2.45, 2.75) is 12.5 Å². The maximum absolute atomic E-state index is 11.9. The van der Waals surface area contributed by atoms with Crippen LogP contribution in [0.1, 0.15) is 16.8 Å². The third kappa shape index (κ3) is 3.15. The minimum atomic E-state index is -1.14. The predicted octanol–water partition coefficient (Wildman–Crippen LogP) is 1.64. The van der Waals surface area contributed by atoms with E-state index in [1.807, 2.05) is 0 Å². The molecule has 102 valence electrons. The van der Waals surface area contributed by atoms with Crippen LogP contribution in [0.5, 0.6) is 0 Å². The van der Waals surface area contributed by atoms with Crippen LogP contribution in [0.4, 0.5) is 10.5 Å². The molecule has 1 fully saturated rings. The quantitative estimate of drug-likeness (QED) is 0.770. The van der Waals surface area contributed by atoms with Crippen molar-refractivity contribution in [2.75, 3.05) is 18.4 Å². The van der Waals surface area contributed by atoms with Crippen molar-refractivity contribution in [3.8, 4) is 0 Å². The van der Waals surface area contributed by atoms with Crippen LogP contribution in [0.3, 0.4) is 0 Å². The number of amides is 2. The molecule has 0 aliphatic carbocycles. The van der Waals surface area contributed by atoms with Gasteiger partial charge in [-0.1, -0.05) is 11.6 Å². The van der Waals surface area contributed by atoms with E-state index >= 15 is 0 Å². The lowest BCUT2D eigenvalue weighted by molar-refractivity contribution is 0.0698. The van der Waals surface area contributed by atoms with Gasteiger partial charge in [-0.2, -0.15) is 0 Å². The summed E-state index contributed by atoms with van der Waals surface area (Å²) in [5.74, 6) is -1.14. The van der Waals surface area contributed by atoms with Gasteiger partial charge >= 0.3 is 12.0 Å². The van der Waals surface area contributed by atoms with E-state index in [0.29, 0.717) is 18.0 Å². The molecule has 1 unspecified atom stereocenters. The van der Waals surface area contributed by atoms with Gasteiger partial charge in [0.05, 0.1) is 17.4 Å². The number of aliphatic hydroxyl groups excluding tert-OH is 1. The van der Waals surface area contributed by atoms with Gasteiger partial charge in [-0.25, -0.2) is 9.59 Å². The number of aromatic carboxylic acids is 1. The van der Waals surface area contributed by atoms with Gasteiger partial charge in [-0.05, 0) is 24.6 Å². The molecule has 1 aliphatic rings. The second-order valence-electron chi connectivity index (χ2n) is 4.31. The molecule has 0 radical (unpaired) electrons. The number of halogens is 1. The molecule has 0 bridgehead atoms. The molecular weight excluding hydrogens is 272 g/mol. The Labute approximate surface area is 114 Å². The molecule has 0 aromatic heterocycles. The minimum Gasteiger partial charge on any atom is -0.478 e. The number of benzene rings is 1. The van der Waals surface area contributed by atoms with Crippen LogP contribution >= 0.6 is 11.6 Å². The number of aliphatic hydroxyl groups is 1. The lowest BCUT2D eigenvalue weighted by atomic mass is 10.2. The fourth-order valence-electron chi connectivity index (χ4n) is 1.93. The summed E-state index contributed by atoms with van der Waals surface area (Å²) in [6, 6.07) is 3.72. The van der Waals surface area contributed by atoms with Crippen LogP contribution in [0, 0.1) is 0 Å². The van der Waals surface area contributed by atoms with E-state index in [1.165, 1.54) is 23.1 Å². The van der Waals surface area contributed by atoms with Crippen LogP contribution < -0.4 is 5.32 Å². The Hall–Kier alpha value is -1.79. The largest absolute Gasteiger partial charge is 0.478 e. The first-order chi connectivity index (χ1) is 8.97. The SMILES string of the molecule is O=C(O)c1ccc(Cl)cc1NC(=O)N1CCC(O)C1. The van der Waals surface area contributed by atoms with E-state index in [9.17, 15) is 14.7 Å². The molecule has 1 aromatic carbocycles. The van der Waals surface area contributed by atoms with Crippen LogP contribution in [-0.4, -0.2) is 46.3 Å². The highest BCUT2D eigenvalue weighted by Gasteiger charge is 2.25. The Balaban J connectivity index is 2.16. The molecule has 1 aromatic rings. The van der Waals surface area contributed by atoms with Gasteiger partial charge in [0.25, 0.3) is 0 Å². The lowest BCUT2D eigenvalue weighted by Crippen LogP contribution is -2.34. The molecule has 3 N–H and O–H groups in total. The number of urea groups is 1. The van der Waals surface area contributed by atoms with Gasteiger partial charge in [0.1, 0.15) is 0 Å². The molecule has 0 spiro atoms. The number of nitrogens with zero attached hydrogens (tertiary/aromatic N) is 1. The molecule has 19 heavy (non-hydrogen) atoms. The summed E-state index contributed by atoms with van der Waals surface area (Å²) in [5.41, 5.74) is 0.115. The second kappa shape index (κ2) is 5.46. The fraction of sp³-hybridized carbons (Fsp3) is 0.333. The number of carboxylic acid groups (broad SMARTS) is 1. The summed E-state index contributed by atoms with van der Waals surface area (Å²) in [6.07, 6.45) is -0.00145. The molecule has 1 saturated heterocycles. The van der Waals surface area contributed by atoms with Gasteiger partial charge in [0.2, 0.25) is 0 Å². The number of β-amino-alcohol motifs (C(OH)–C–C–N with tert-alkyl or cyclic N) is 1. The average molecular weight is 285 g/mol. The molecule has 7 heteroatoms. The molecule has 1 heterocycles. The Morgan fingerprint density at radius 2 is 2.16 bits per heavy atom. The summed E-state index contributed by atoms with van der Waals surface area (Å²) in [4.78, 5) is 24.4. The number of hydrogen-bond acceptors (Lipinski definition) is 3. The molecule has 1 aliphatic heterocycles. The first kappa shape index (κ1) is 13.6. The monoisotopic (exact) mass is 284 g/mol. The van der Waals surface area contributed by atoms with E-state index in [2.05, 4.69) is 5.32 Å². The van der Waals surface area contributed by atoms with Crippen LogP contribution in [-0.2, 0) is 0 Å². The van der Waals surface area contributed by atoms with E-state index in [0.717, 1.165) is 0 Å². The molecule has 2 amide bonds. The van der Waals surface area contributed by atoms with Crippen molar-refractivity contribution in [1.29, 1.82) is 0 Å². The standard InChI is InChI=1S/C12H13ClN2O4/c13-7-1-2-9(11(17)18)10(5-7)14-12(19)15-4-3-8(16)6-15/h1-2,5,8,16H,3-4,6H2,(H,14,19)(H,17,18). The van der Waals surface area contributed by atoms with Gasteiger partial charge in [0, 0.05) is 18.1 Å². The van der Waals surface area contributed by atoms with Crippen molar-refractivity contribution in [3.05, 3.63) is 28.8 Å². The zero-order valence-electron chi connectivity index (χ0n) is 9.97. The predicted molar refractivity (Wildman–Crippen MR) is 69.6 cm³/mol. The zero-order chi connectivity index (χ0) is 14.0. The summed E-state index contributed by atoms with van der Waals surface area (Å²) in [5, 5.41) is 21.2. The highest BCUT2D eigenvalue weighted by atomic mass is 35.5. The van der Waals surface area contributed by atoms with Gasteiger partial charge in [-0.15, -0.1) is 0 Å². The summed E-state index contributed by atoms with van der Waals surface area (Å²) >= 11 is 5.79. The van der Waals surface area contributed by atoms with Crippen molar-refractivity contribution >= 4 is 29.3 Å². The molecule has 2 rings (SSSR count). The first-order valence-corrected chi connectivity index (χ1v) is 6.12. The van der Waals surface area contributed by atoms with Gasteiger partial charge < -0.3 is 20.4 Å². The van der Waals surface area contributed by atoms with Gasteiger partial charge in [-0.3, -0.25) is 0 Å². The number of carbonyl (C=O) groups excluding carboxylic acids is 1. The van der Waals surface area contributed by atoms with Crippen molar-refractivity contribution in [2.24, 2.45) is 0 Å². The number of likely N-dealkylation sites (tertiary alicyclic amines) is 1. The molecule has 6 nitrogen and oxygen atoms in total. The average Bonchev–Trinajstić information content (AvgIpc) is 2.75. The summed E-state index contributed by atoms with van der Waals surface area (Å²) in [7, 11) is 0. The molecular formula is C12H13ClN2O4. The third-order valence-electron chi connectivity index (χ3n) is 2.90. The summed E-state index contributed by atoms with van der Waals surface area (Å²) in [6.45, 7) is 0.685. The highest BCUT2D eigenvalue weighted by Crippen LogP contribution is 2.22. The number of anilines is 1. The first-order valence-electron chi connectivity index (χ1n) is 5.74. The normalized spacial score (nSPS) is 18.4. The topological polar surface area (TPSA) is 89.9 Å². The number of hydrogen-bond donors (Lipinski definition) is 3. The molecule has 0 saturated carbocycles. The lowest BCUT2D eigenvalue weighted by Gasteiger charge is -2.17. The Morgan fingerprint density at radius 3 is 2.74 bits per heavy atom. The Morgan fingerprint density at radius 1 is 1.42 bits per heavy atom. The Bertz CT molecular complexity index is 520. The van der Waals surface area contributed by atoms with Crippen LogP contribution in [0.2, 0.25) is 5.02 Å². The van der Waals surface area contributed by atoms with Crippen molar-refractivity contribution in [3.63, 3.8) is 0 Å². The van der Waals surface area contributed by atoms with E-state index in [1.54, 1.807) is 0 Å². The van der Waals surface area contributed by atoms with Gasteiger partial charge in [0.15, 0.2) is 0 Å². The van der Waals surface area contributed by atoms with Crippen molar-refractivity contribution < 1.29 is 19.8 Å². The number of carbonyl (C=O) groups is 2. The Kier molecular flexibility index (Phi) is 3.92. The number of nitrogens with one attached hydrogen (secondary N) is 1. The fourth-order valence-corrected chi connectivity index (χ4v) is 2.10. The minimum absolute atomic E-state index is 0.0301.